The molecule has 0 fully saturated rings. The number of phenolic OH excluding ortho intramolecular Hbond substituents is 2. The second kappa shape index (κ2) is 10.5. The van der Waals surface area contributed by atoms with Crippen molar-refractivity contribution < 1.29 is 19.7 Å². The molecular formula is C21H21ClIN3O4. The SMILES string of the molecule is O=C(CCI)NCCCOc1ccc(-c2c[nH]nc2-c2cc(Cl)c(O)cc2O)cc1. The summed E-state index contributed by atoms with van der Waals surface area (Å²) in [4.78, 5) is 11.4. The van der Waals surface area contributed by atoms with E-state index in [0.29, 0.717) is 30.8 Å². The summed E-state index contributed by atoms with van der Waals surface area (Å²) in [6, 6.07) is 10.2. The Hall–Kier alpha value is -2.46. The van der Waals surface area contributed by atoms with Gasteiger partial charge in [-0.25, -0.2) is 0 Å². The lowest BCUT2D eigenvalue weighted by Gasteiger charge is -2.09. The number of benzene rings is 2. The fraction of sp³-hybridized carbons (Fsp3) is 0.238. The largest absolute Gasteiger partial charge is 0.507 e. The van der Waals surface area contributed by atoms with Gasteiger partial charge in [0.05, 0.1) is 11.6 Å². The second-order valence-electron chi connectivity index (χ2n) is 6.48. The van der Waals surface area contributed by atoms with Gasteiger partial charge in [-0.05, 0) is 30.2 Å². The highest BCUT2D eigenvalue weighted by molar-refractivity contribution is 14.1. The van der Waals surface area contributed by atoms with Gasteiger partial charge >= 0.3 is 0 Å². The number of phenols is 2. The predicted octanol–water partition coefficient (Wildman–Crippen LogP) is 4.52. The van der Waals surface area contributed by atoms with Crippen LogP contribution in [0.4, 0.5) is 0 Å². The predicted molar refractivity (Wildman–Crippen MR) is 124 cm³/mol. The standard InChI is InChI=1S/C21H21ClIN3O4/c22-17-10-15(18(27)11-19(17)28)21-16(12-25-26-21)13-2-4-14(5-3-13)30-9-1-8-24-20(29)6-7-23/h2-5,10-12,27-28H,1,6-9H2,(H,24,29)(H,25,26). The maximum absolute atomic E-state index is 11.4. The molecule has 3 aromatic rings. The molecule has 0 aliphatic rings. The lowest BCUT2D eigenvalue weighted by atomic mass is 10.0. The van der Waals surface area contributed by atoms with E-state index in [1.807, 2.05) is 24.3 Å². The van der Waals surface area contributed by atoms with Gasteiger partial charge in [0, 0.05) is 40.8 Å². The number of amides is 1. The third-order valence-corrected chi connectivity index (χ3v) is 5.20. The minimum Gasteiger partial charge on any atom is -0.507 e. The Morgan fingerprint density at radius 2 is 1.93 bits per heavy atom. The number of hydrogen-bond donors (Lipinski definition) is 4. The van der Waals surface area contributed by atoms with Crippen LogP contribution < -0.4 is 10.1 Å². The van der Waals surface area contributed by atoms with Crippen molar-refractivity contribution in [1.29, 1.82) is 0 Å². The number of H-pyrrole nitrogens is 1. The molecule has 0 spiro atoms. The summed E-state index contributed by atoms with van der Waals surface area (Å²) < 4.78 is 6.53. The summed E-state index contributed by atoms with van der Waals surface area (Å²) in [5.74, 6) is 0.473. The van der Waals surface area contributed by atoms with Crippen molar-refractivity contribution in [2.24, 2.45) is 0 Å². The first kappa shape index (κ1) is 22.2. The Morgan fingerprint density at radius 1 is 1.17 bits per heavy atom. The molecule has 0 saturated heterocycles. The van der Waals surface area contributed by atoms with E-state index in [0.717, 1.165) is 27.7 Å². The zero-order valence-corrected chi connectivity index (χ0v) is 18.9. The van der Waals surface area contributed by atoms with Gasteiger partial charge < -0.3 is 20.3 Å². The monoisotopic (exact) mass is 541 g/mol. The summed E-state index contributed by atoms with van der Waals surface area (Å²) in [6.07, 6.45) is 2.98. The molecule has 1 aromatic heterocycles. The van der Waals surface area contributed by atoms with Gasteiger partial charge in [-0.15, -0.1) is 0 Å². The van der Waals surface area contributed by atoms with E-state index < -0.39 is 0 Å². The lowest BCUT2D eigenvalue weighted by Crippen LogP contribution is -2.25. The van der Waals surface area contributed by atoms with E-state index in [1.165, 1.54) is 12.1 Å². The Morgan fingerprint density at radius 3 is 2.67 bits per heavy atom. The molecule has 0 aliphatic heterocycles. The highest BCUT2D eigenvalue weighted by atomic mass is 127. The maximum atomic E-state index is 11.4. The molecule has 1 heterocycles. The van der Waals surface area contributed by atoms with Crippen molar-refractivity contribution >= 4 is 40.1 Å². The van der Waals surface area contributed by atoms with Crippen LogP contribution in [0.5, 0.6) is 17.2 Å². The van der Waals surface area contributed by atoms with Crippen LogP contribution >= 0.6 is 34.2 Å². The third kappa shape index (κ3) is 5.57. The van der Waals surface area contributed by atoms with Crippen molar-refractivity contribution in [3.05, 3.63) is 47.6 Å². The van der Waals surface area contributed by atoms with Crippen LogP contribution in [-0.2, 0) is 4.79 Å². The first-order valence-corrected chi connectivity index (χ1v) is 11.2. The number of hydrogen-bond acceptors (Lipinski definition) is 5. The second-order valence-corrected chi connectivity index (χ2v) is 7.97. The fourth-order valence-electron chi connectivity index (χ4n) is 2.85. The molecule has 0 radical (unpaired) electrons. The summed E-state index contributed by atoms with van der Waals surface area (Å²) in [5.41, 5.74) is 2.58. The van der Waals surface area contributed by atoms with E-state index in [4.69, 9.17) is 16.3 Å². The number of ether oxygens (including phenoxy) is 1. The van der Waals surface area contributed by atoms with Crippen LogP contribution in [-0.4, -0.2) is 43.9 Å². The minimum atomic E-state index is -0.193. The number of alkyl halides is 1. The van der Waals surface area contributed by atoms with E-state index in [2.05, 4.69) is 38.1 Å². The number of nitrogens with zero attached hydrogens (tertiary/aromatic N) is 1. The first-order chi connectivity index (χ1) is 14.5. The molecule has 0 aliphatic carbocycles. The van der Waals surface area contributed by atoms with E-state index in [1.54, 1.807) is 6.20 Å². The molecule has 0 saturated carbocycles. The van der Waals surface area contributed by atoms with E-state index in [9.17, 15) is 15.0 Å². The van der Waals surface area contributed by atoms with Gasteiger partial charge in [-0.2, -0.15) is 5.10 Å². The van der Waals surface area contributed by atoms with Crippen LogP contribution in [0.3, 0.4) is 0 Å². The van der Waals surface area contributed by atoms with Gasteiger partial charge in [-0.3, -0.25) is 9.89 Å². The molecule has 0 unspecified atom stereocenters. The van der Waals surface area contributed by atoms with Crippen LogP contribution in [0.1, 0.15) is 12.8 Å². The normalized spacial score (nSPS) is 10.7. The van der Waals surface area contributed by atoms with Crippen LogP contribution in [0, 0.1) is 0 Å². The quantitative estimate of drug-likeness (QED) is 0.181. The Balaban J connectivity index is 1.63. The lowest BCUT2D eigenvalue weighted by molar-refractivity contribution is -0.120. The number of aromatic nitrogens is 2. The van der Waals surface area contributed by atoms with Crippen molar-refractivity contribution in [1.82, 2.24) is 15.5 Å². The Kier molecular flexibility index (Phi) is 7.81. The number of halogens is 2. The molecule has 0 bridgehead atoms. The van der Waals surface area contributed by atoms with Crippen LogP contribution in [0.15, 0.2) is 42.6 Å². The van der Waals surface area contributed by atoms with E-state index >= 15 is 0 Å². The first-order valence-electron chi connectivity index (χ1n) is 9.31. The number of nitrogens with one attached hydrogen (secondary N) is 2. The summed E-state index contributed by atoms with van der Waals surface area (Å²) >= 11 is 8.16. The van der Waals surface area contributed by atoms with E-state index in [-0.39, 0.29) is 22.4 Å². The average Bonchev–Trinajstić information content (AvgIpc) is 3.20. The van der Waals surface area contributed by atoms with Crippen molar-refractivity contribution in [3.8, 4) is 39.6 Å². The Bertz CT molecular complexity index is 1010. The maximum Gasteiger partial charge on any atom is 0.220 e. The van der Waals surface area contributed by atoms with Crippen molar-refractivity contribution in [2.75, 3.05) is 17.6 Å². The van der Waals surface area contributed by atoms with Crippen LogP contribution in [0.25, 0.3) is 22.4 Å². The van der Waals surface area contributed by atoms with Gasteiger partial charge in [0.15, 0.2) is 0 Å². The molecule has 158 valence electrons. The highest BCUT2D eigenvalue weighted by Crippen LogP contribution is 2.40. The molecule has 0 atom stereocenters. The molecule has 7 nitrogen and oxygen atoms in total. The molecule has 30 heavy (non-hydrogen) atoms. The third-order valence-electron chi connectivity index (χ3n) is 4.36. The number of aromatic amines is 1. The van der Waals surface area contributed by atoms with Gasteiger partial charge in [0.2, 0.25) is 5.91 Å². The summed E-state index contributed by atoms with van der Waals surface area (Å²) in [6.45, 7) is 1.09. The topological polar surface area (TPSA) is 107 Å². The molecule has 9 heteroatoms. The average molecular weight is 542 g/mol. The van der Waals surface area contributed by atoms with Crippen molar-refractivity contribution in [2.45, 2.75) is 12.8 Å². The summed E-state index contributed by atoms with van der Waals surface area (Å²) in [5, 5.41) is 29.8. The van der Waals surface area contributed by atoms with Gasteiger partial charge in [-0.1, -0.05) is 46.3 Å². The zero-order chi connectivity index (χ0) is 21.5. The summed E-state index contributed by atoms with van der Waals surface area (Å²) in [7, 11) is 0. The fourth-order valence-corrected chi connectivity index (χ4v) is 3.50. The number of aromatic hydroxyl groups is 2. The van der Waals surface area contributed by atoms with Gasteiger partial charge in [0.25, 0.3) is 0 Å². The Labute approximate surface area is 192 Å². The number of carbonyl (C=O) groups excluding carboxylic acids is 1. The van der Waals surface area contributed by atoms with Crippen molar-refractivity contribution in [3.63, 3.8) is 0 Å². The molecule has 2 aromatic carbocycles. The number of carbonyl (C=O) groups is 1. The molecular weight excluding hydrogens is 521 g/mol. The van der Waals surface area contributed by atoms with Gasteiger partial charge in [0.1, 0.15) is 22.9 Å². The molecule has 1 amide bonds. The minimum absolute atomic E-state index is 0.0608. The molecule has 3 rings (SSSR count). The number of rotatable bonds is 9. The van der Waals surface area contributed by atoms with Crippen LogP contribution in [0.2, 0.25) is 5.02 Å². The smallest absolute Gasteiger partial charge is 0.220 e. The zero-order valence-electron chi connectivity index (χ0n) is 16.0. The highest BCUT2D eigenvalue weighted by Gasteiger charge is 2.16. The molecule has 4 N–H and O–H groups in total.